The van der Waals surface area contributed by atoms with Gasteiger partial charge in [-0.3, -0.25) is 0 Å². The van der Waals surface area contributed by atoms with Crippen LogP contribution in [0.15, 0.2) is 22.7 Å². The molecule has 0 saturated carbocycles. The van der Waals surface area contributed by atoms with Crippen molar-refractivity contribution in [2.24, 2.45) is 5.73 Å². The van der Waals surface area contributed by atoms with Crippen molar-refractivity contribution in [3.05, 3.63) is 33.8 Å². The van der Waals surface area contributed by atoms with Crippen LogP contribution in [0.5, 0.6) is 0 Å². The molecule has 0 spiro atoms. The van der Waals surface area contributed by atoms with Crippen LogP contribution < -0.4 is 11.1 Å². The molecule has 0 aliphatic rings. The maximum absolute atomic E-state index is 5.53. The van der Waals surface area contributed by atoms with Crippen LogP contribution in [-0.4, -0.2) is 12.6 Å². The zero-order valence-electron chi connectivity index (χ0n) is 8.68. The lowest BCUT2D eigenvalue weighted by molar-refractivity contribution is 0.555. The largest absolute Gasteiger partial charge is 0.329 e. The molecule has 3 heteroatoms. The van der Waals surface area contributed by atoms with E-state index in [1.807, 2.05) is 0 Å². The van der Waals surface area contributed by atoms with Crippen LogP contribution in [0.25, 0.3) is 0 Å². The predicted molar refractivity (Wildman–Crippen MR) is 64.2 cm³/mol. The van der Waals surface area contributed by atoms with E-state index in [1.165, 1.54) is 11.1 Å². The van der Waals surface area contributed by atoms with Crippen LogP contribution in [-0.2, 0) is 6.54 Å². The molecule has 0 aromatic heterocycles. The van der Waals surface area contributed by atoms with Gasteiger partial charge in [-0.2, -0.15) is 0 Å². The normalized spacial score (nSPS) is 12.9. The summed E-state index contributed by atoms with van der Waals surface area (Å²) in [5.74, 6) is 0. The Balaban J connectivity index is 2.62. The molecule has 2 nitrogen and oxygen atoms in total. The van der Waals surface area contributed by atoms with E-state index in [4.69, 9.17) is 5.73 Å². The van der Waals surface area contributed by atoms with Crippen molar-refractivity contribution >= 4 is 15.9 Å². The van der Waals surface area contributed by atoms with Crippen molar-refractivity contribution < 1.29 is 0 Å². The summed E-state index contributed by atoms with van der Waals surface area (Å²) in [6.45, 7) is 5.76. The van der Waals surface area contributed by atoms with Gasteiger partial charge in [0, 0.05) is 23.6 Å². The quantitative estimate of drug-likeness (QED) is 0.867. The third-order valence-corrected chi connectivity index (χ3v) is 2.80. The Morgan fingerprint density at radius 3 is 2.86 bits per heavy atom. The van der Waals surface area contributed by atoms with E-state index >= 15 is 0 Å². The summed E-state index contributed by atoms with van der Waals surface area (Å²) < 4.78 is 1.13. The number of nitrogens with two attached hydrogens (primary N) is 1. The Bertz CT molecular complexity index is 299. The molecule has 0 fully saturated rings. The molecule has 0 bridgehead atoms. The van der Waals surface area contributed by atoms with E-state index in [1.54, 1.807) is 0 Å². The number of nitrogens with one attached hydrogen (secondary N) is 1. The lowest BCUT2D eigenvalue weighted by atomic mass is 10.1. The van der Waals surface area contributed by atoms with E-state index < -0.39 is 0 Å². The van der Waals surface area contributed by atoms with Gasteiger partial charge in [-0.1, -0.05) is 22.0 Å². The Hall–Kier alpha value is -0.380. The highest BCUT2D eigenvalue weighted by Gasteiger charge is 2.01. The molecule has 1 aromatic carbocycles. The number of aryl methyl sites for hydroxylation is 1. The summed E-state index contributed by atoms with van der Waals surface area (Å²) in [5.41, 5.74) is 8.16. The second-order valence-electron chi connectivity index (χ2n) is 3.59. The fraction of sp³-hybridized carbons (Fsp3) is 0.455. The average Bonchev–Trinajstić information content (AvgIpc) is 2.19. The van der Waals surface area contributed by atoms with Crippen LogP contribution in [0.2, 0.25) is 0 Å². The molecule has 14 heavy (non-hydrogen) atoms. The van der Waals surface area contributed by atoms with Gasteiger partial charge in [0.05, 0.1) is 0 Å². The standard InChI is InChI=1S/C11H17BrN2/c1-8-3-4-11(12)5-10(8)7-14-9(2)6-13/h3-5,9,14H,6-7,13H2,1-2H3. The first-order chi connectivity index (χ1) is 6.63. The Morgan fingerprint density at radius 1 is 1.50 bits per heavy atom. The fourth-order valence-corrected chi connectivity index (χ4v) is 1.61. The smallest absolute Gasteiger partial charge is 0.0211 e. The number of rotatable bonds is 4. The molecule has 78 valence electrons. The van der Waals surface area contributed by atoms with Gasteiger partial charge in [0.15, 0.2) is 0 Å². The molecule has 1 unspecified atom stereocenters. The molecule has 0 saturated heterocycles. The van der Waals surface area contributed by atoms with Gasteiger partial charge in [-0.25, -0.2) is 0 Å². The van der Waals surface area contributed by atoms with Gasteiger partial charge in [-0.15, -0.1) is 0 Å². The van der Waals surface area contributed by atoms with Crippen LogP contribution >= 0.6 is 15.9 Å². The van der Waals surface area contributed by atoms with Crippen LogP contribution in [0.3, 0.4) is 0 Å². The van der Waals surface area contributed by atoms with Crippen molar-refractivity contribution in [2.45, 2.75) is 26.4 Å². The van der Waals surface area contributed by atoms with E-state index in [0.29, 0.717) is 12.6 Å². The fourth-order valence-electron chi connectivity index (χ4n) is 1.20. The maximum atomic E-state index is 5.53. The summed E-state index contributed by atoms with van der Waals surface area (Å²) in [6.07, 6.45) is 0. The highest BCUT2D eigenvalue weighted by Crippen LogP contribution is 2.15. The van der Waals surface area contributed by atoms with Crippen molar-refractivity contribution in [3.63, 3.8) is 0 Å². The molecule has 3 N–H and O–H groups in total. The predicted octanol–water partition coefficient (Wildman–Crippen LogP) is 2.19. The number of hydrogen-bond acceptors (Lipinski definition) is 2. The molecular formula is C11H17BrN2. The van der Waals surface area contributed by atoms with E-state index in [2.05, 4.69) is 53.3 Å². The molecule has 1 rings (SSSR count). The first-order valence-electron chi connectivity index (χ1n) is 4.82. The molecule has 0 aliphatic heterocycles. The number of halogens is 1. The van der Waals surface area contributed by atoms with Crippen molar-refractivity contribution in [1.82, 2.24) is 5.32 Å². The second kappa shape index (κ2) is 5.49. The first-order valence-corrected chi connectivity index (χ1v) is 5.61. The average molecular weight is 257 g/mol. The van der Waals surface area contributed by atoms with Gasteiger partial charge in [0.25, 0.3) is 0 Å². The van der Waals surface area contributed by atoms with Gasteiger partial charge in [0.1, 0.15) is 0 Å². The molecule has 0 radical (unpaired) electrons. The highest BCUT2D eigenvalue weighted by molar-refractivity contribution is 9.10. The maximum Gasteiger partial charge on any atom is 0.0211 e. The summed E-state index contributed by atoms with van der Waals surface area (Å²) >= 11 is 3.47. The lowest BCUT2D eigenvalue weighted by Gasteiger charge is -2.12. The van der Waals surface area contributed by atoms with E-state index in [9.17, 15) is 0 Å². The lowest BCUT2D eigenvalue weighted by Crippen LogP contribution is -2.32. The van der Waals surface area contributed by atoms with E-state index in [0.717, 1.165) is 11.0 Å². The molecular weight excluding hydrogens is 240 g/mol. The number of benzene rings is 1. The molecule has 1 aromatic rings. The monoisotopic (exact) mass is 256 g/mol. The Labute approximate surface area is 94.0 Å². The highest BCUT2D eigenvalue weighted by atomic mass is 79.9. The SMILES string of the molecule is Cc1ccc(Br)cc1CNC(C)CN. The molecule has 0 aliphatic carbocycles. The molecule has 0 heterocycles. The minimum atomic E-state index is 0.369. The first kappa shape index (κ1) is 11.7. The van der Waals surface area contributed by atoms with Gasteiger partial charge >= 0.3 is 0 Å². The number of hydrogen-bond donors (Lipinski definition) is 2. The molecule has 1 atom stereocenters. The summed E-state index contributed by atoms with van der Waals surface area (Å²) in [7, 11) is 0. The zero-order valence-corrected chi connectivity index (χ0v) is 10.3. The minimum Gasteiger partial charge on any atom is -0.329 e. The third-order valence-electron chi connectivity index (χ3n) is 2.31. The molecule has 0 amide bonds. The third kappa shape index (κ3) is 3.40. The van der Waals surface area contributed by atoms with Crippen LogP contribution in [0, 0.1) is 6.92 Å². The topological polar surface area (TPSA) is 38.0 Å². The van der Waals surface area contributed by atoms with E-state index in [-0.39, 0.29) is 0 Å². The summed E-state index contributed by atoms with van der Waals surface area (Å²) in [4.78, 5) is 0. The Morgan fingerprint density at radius 2 is 2.21 bits per heavy atom. The summed E-state index contributed by atoms with van der Waals surface area (Å²) in [5, 5.41) is 3.37. The van der Waals surface area contributed by atoms with Gasteiger partial charge in [0.2, 0.25) is 0 Å². The Kier molecular flexibility index (Phi) is 4.58. The van der Waals surface area contributed by atoms with Gasteiger partial charge < -0.3 is 11.1 Å². The van der Waals surface area contributed by atoms with Crippen molar-refractivity contribution in [3.8, 4) is 0 Å². The second-order valence-corrected chi connectivity index (χ2v) is 4.50. The van der Waals surface area contributed by atoms with Crippen LogP contribution in [0.1, 0.15) is 18.1 Å². The van der Waals surface area contributed by atoms with Crippen molar-refractivity contribution in [1.29, 1.82) is 0 Å². The van der Waals surface area contributed by atoms with Crippen molar-refractivity contribution in [2.75, 3.05) is 6.54 Å². The summed E-state index contributed by atoms with van der Waals surface area (Å²) in [6, 6.07) is 6.69. The minimum absolute atomic E-state index is 0.369. The van der Waals surface area contributed by atoms with Crippen LogP contribution in [0.4, 0.5) is 0 Å². The van der Waals surface area contributed by atoms with Gasteiger partial charge in [-0.05, 0) is 37.1 Å². The zero-order chi connectivity index (χ0) is 10.6.